The molecule has 1 saturated heterocycles. The van der Waals surface area contributed by atoms with E-state index in [-0.39, 0.29) is 17.3 Å². The van der Waals surface area contributed by atoms with Crippen LogP contribution in [0, 0.1) is 18.2 Å². The van der Waals surface area contributed by atoms with Crippen LogP contribution >= 0.6 is 23.4 Å². The lowest BCUT2D eigenvalue weighted by atomic mass is 9.73. The Labute approximate surface area is 196 Å². The second-order valence-corrected chi connectivity index (χ2v) is 10.2. The molecular weight excluding hydrogens is 445 g/mol. The number of nitrogens with zero attached hydrogens (tertiary/aromatic N) is 3. The predicted octanol–water partition coefficient (Wildman–Crippen LogP) is 5.15. The number of piperidine rings is 1. The van der Waals surface area contributed by atoms with Crippen molar-refractivity contribution in [1.29, 1.82) is 0 Å². The minimum atomic E-state index is -0.193. The molecule has 2 aliphatic rings. The Morgan fingerprint density at radius 2 is 2.00 bits per heavy atom. The van der Waals surface area contributed by atoms with Crippen LogP contribution in [0.2, 0.25) is 5.02 Å². The Bertz CT molecular complexity index is 1180. The molecule has 5 rings (SSSR count). The van der Waals surface area contributed by atoms with E-state index in [0.717, 1.165) is 59.8 Å². The van der Waals surface area contributed by atoms with Crippen molar-refractivity contribution in [1.82, 2.24) is 9.97 Å². The number of fused-ring (bicyclic) bond motifs is 1. The number of aromatic nitrogens is 2. The molecule has 0 amide bonds. The summed E-state index contributed by atoms with van der Waals surface area (Å²) in [5.41, 5.74) is 16.0. The summed E-state index contributed by atoms with van der Waals surface area (Å²) in [6.45, 7) is 3.60. The summed E-state index contributed by atoms with van der Waals surface area (Å²) in [7, 11) is 0. The van der Waals surface area contributed by atoms with Crippen LogP contribution in [0.1, 0.15) is 35.6 Å². The van der Waals surface area contributed by atoms with Crippen molar-refractivity contribution in [2.75, 3.05) is 23.7 Å². The molecule has 1 atom stereocenters. The Balaban J connectivity index is 1.29. The van der Waals surface area contributed by atoms with Gasteiger partial charge in [-0.1, -0.05) is 41.6 Å². The van der Waals surface area contributed by atoms with Crippen molar-refractivity contribution in [3.8, 4) is 0 Å². The fourth-order valence-corrected chi connectivity index (χ4v) is 6.04. The highest BCUT2D eigenvalue weighted by molar-refractivity contribution is 7.99. The number of anilines is 2. The molecule has 1 aromatic heterocycles. The summed E-state index contributed by atoms with van der Waals surface area (Å²) in [6, 6.07) is 10.8. The maximum atomic E-state index is 13.7. The molecule has 0 saturated carbocycles. The van der Waals surface area contributed by atoms with Crippen molar-refractivity contribution in [3.05, 3.63) is 70.1 Å². The zero-order valence-electron chi connectivity index (χ0n) is 17.8. The van der Waals surface area contributed by atoms with E-state index in [1.165, 1.54) is 17.8 Å². The molecule has 5 nitrogen and oxygen atoms in total. The third kappa shape index (κ3) is 3.72. The summed E-state index contributed by atoms with van der Waals surface area (Å²) >= 11 is 7.84. The van der Waals surface area contributed by atoms with Crippen molar-refractivity contribution in [3.63, 3.8) is 0 Å². The second kappa shape index (κ2) is 8.21. The highest BCUT2D eigenvalue weighted by atomic mass is 35.5. The van der Waals surface area contributed by atoms with E-state index >= 15 is 0 Å². The first-order chi connectivity index (χ1) is 15.4. The van der Waals surface area contributed by atoms with Crippen LogP contribution < -0.4 is 16.4 Å². The van der Waals surface area contributed by atoms with E-state index < -0.39 is 0 Å². The molecule has 1 aliphatic carbocycles. The van der Waals surface area contributed by atoms with Crippen molar-refractivity contribution in [2.45, 2.75) is 42.1 Å². The molecule has 2 heterocycles. The third-order valence-corrected chi connectivity index (χ3v) is 8.52. The van der Waals surface area contributed by atoms with Gasteiger partial charge in [0.2, 0.25) is 0 Å². The SMILES string of the molecule is Cc1cccc(Sc2ncc(N3CCC4(CC3)Cc3cc(F)ccc3[C@H]4N)nc2N)c1Cl. The van der Waals surface area contributed by atoms with Gasteiger partial charge in [-0.15, -0.1) is 0 Å². The number of nitrogens with two attached hydrogens (primary N) is 2. The van der Waals surface area contributed by atoms with Gasteiger partial charge in [0.15, 0.2) is 5.82 Å². The lowest BCUT2D eigenvalue weighted by molar-refractivity contribution is 0.187. The minimum Gasteiger partial charge on any atom is -0.381 e. The summed E-state index contributed by atoms with van der Waals surface area (Å²) in [5.74, 6) is 0.971. The quantitative estimate of drug-likeness (QED) is 0.551. The summed E-state index contributed by atoms with van der Waals surface area (Å²) in [4.78, 5) is 12.3. The van der Waals surface area contributed by atoms with Crippen LogP contribution in [0.3, 0.4) is 0 Å². The zero-order valence-corrected chi connectivity index (χ0v) is 19.4. The van der Waals surface area contributed by atoms with Crippen LogP contribution in [0.25, 0.3) is 0 Å². The van der Waals surface area contributed by atoms with E-state index in [1.807, 2.05) is 31.2 Å². The van der Waals surface area contributed by atoms with Gasteiger partial charge < -0.3 is 16.4 Å². The molecule has 3 aromatic rings. The average Bonchev–Trinajstić information content (AvgIpc) is 3.03. The van der Waals surface area contributed by atoms with Gasteiger partial charge in [0.25, 0.3) is 0 Å². The number of aryl methyl sites for hydroxylation is 1. The van der Waals surface area contributed by atoms with Gasteiger partial charge in [-0.2, -0.15) is 0 Å². The van der Waals surface area contributed by atoms with E-state index in [0.29, 0.717) is 15.9 Å². The number of hydrogen-bond acceptors (Lipinski definition) is 6. The first kappa shape index (κ1) is 21.5. The molecule has 0 bridgehead atoms. The third-order valence-electron chi connectivity index (χ3n) is 6.84. The second-order valence-electron chi connectivity index (χ2n) is 8.75. The Kier molecular flexibility index (Phi) is 5.51. The molecular formula is C24H25ClFN5S. The Morgan fingerprint density at radius 1 is 1.22 bits per heavy atom. The predicted molar refractivity (Wildman–Crippen MR) is 128 cm³/mol. The molecule has 8 heteroatoms. The van der Waals surface area contributed by atoms with Gasteiger partial charge in [-0.3, -0.25) is 0 Å². The topological polar surface area (TPSA) is 81.1 Å². The monoisotopic (exact) mass is 469 g/mol. The van der Waals surface area contributed by atoms with Crippen molar-refractivity contribution >= 4 is 35.0 Å². The van der Waals surface area contributed by atoms with Crippen molar-refractivity contribution in [2.24, 2.45) is 11.1 Å². The van der Waals surface area contributed by atoms with Crippen molar-refractivity contribution < 1.29 is 4.39 Å². The zero-order chi connectivity index (χ0) is 22.5. The van der Waals surface area contributed by atoms with Gasteiger partial charge >= 0.3 is 0 Å². The van der Waals surface area contributed by atoms with Crippen LogP contribution in [-0.4, -0.2) is 23.1 Å². The van der Waals surface area contributed by atoms with Crippen LogP contribution in [0.15, 0.2) is 52.5 Å². The first-order valence-corrected chi connectivity index (χ1v) is 11.9. The van der Waals surface area contributed by atoms with E-state index in [1.54, 1.807) is 12.3 Å². The Hall–Kier alpha value is -2.35. The fraction of sp³-hybridized carbons (Fsp3) is 0.333. The first-order valence-electron chi connectivity index (χ1n) is 10.7. The highest BCUT2D eigenvalue weighted by Gasteiger charge is 2.46. The molecule has 1 spiro atoms. The molecule has 32 heavy (non-hydrogen) atoms. The van der Waals surface area contributed by atoms with Crippen LogP contribution in [0.4, 0.5) is 16.0 Å². The summed E-state index contributed by atoms with van der Waals surface area (Å²) in [5, 5.41) is 1.35. The lowest BCUT2D eigenvalue weighted by Gasteiger charge is -2.42. The van der Waals surface area contributed by atoms with Gasteiger partial charge in [0.05, 0.1) is 11.2 Å². The Morgan fingerprint density at radius 3 is 2.75 bits per heavy atom. The largest absolute Gasteiger partial charge is 0.381 e. The normalized spacial score (nSPS) is 19.4. The van der Waals surface area contributed by atoms with E-state index in [9.17, 15) is 4.39 Å². The minimum absolute atomic E-state index is 0.0245. The molecule has 4 N–H and O–H groups in total. The molecule has 1 aliphatic heterocycles. The molecule has 0 radical (unpaired) electrons. The van der Waals surface area contributed by atoms with Crippen LogP contribution in [-0.2, 0) is 6.42 Å². The smallest absolute Gasteiger partial charge is 0.158 e. The molecule has 0 unspecified atom stereocenters. The number of benzene rings is 2. The fourth-order valence-electron chi connectivity index (χ4n) is 4.94. The highest BCUT2D eigenvalue weighted by Crippen LogP contribution is 2.51. The number of rotatable bonds is 3. The standard InChI is InChI=1S/C24H25ClFN5S/c1-14-3-2-4-18(20(14)25)32-23-22(28)30-19(13-29-23)31-9-7-24(8-10-31)12-15-11-16(26)5-6-17(15)21(24)27/h2-6,11,13,21H,7-10,12,27H2,1H3,(H2,28,30)/t21-/m1/s1. The maximum Gasteiger partial charge on any atom is 0.158 e. The number of nitrogen functional groups attached to an aromatic ring is 1. The molecule has 1 fully saturated rings. The average molecular weight is 470 g/mol. The van der Waals surface area contributed by atoms with Crippen LogP contribution in [0.5, 0.6) is 0 Å². The number of hydrogen-bond donors (Lipinski definition) is 2. The van der Waals surface area contributed by atoms with Gasteiger partial charge in [-0.05, 0) is 66.5 Å². The molecule has 166 valence electrons. The lowest BCUT2D eigenvalue weighted by Crippen LogP contribution is -2.44. The molecule has 2 aromatic carbocycles. The van der Waals surface area contributed by atoms with Gasteiger partial charge in [0, 0.05) is 24.0 Å². The van der Waals surface area contributed by atoms with Gasteiger partial charge in [-0.25, -0.2) is 14.4 Å². The van der Waals surface area contributed by atoms with E-state index in [2.05, 4.69) is 14.9 Å². The maximum absolute atomic E-state index is 13.7. The van der Waals surface area contributed by atoms with E-state index in [4.69, 9.17) is 23.1 Å². The number of halogens is 2. The summed E-state index contributed by atoms with van der Waals surface area (Å²) < 4.78 is 13.7. The summed E-state index contributed by atoms with van der Waals surface area (Å²) in [6.07, 6.45) is 4.44. The van der Waals surface area contributed by atoms with Gasteiger partial charge in [0.1, 0.15) is 16.7 Å².